The Kier molecular flexibility index (Phi) is 6.17. The minimum absolute atomic E-state index is 0.0738. The first-order chi connectivity index (χ1) is 13.6. The van der Waals surface area contributed by atoms with Crippen LogP contribution >= 0.6 is 11.6 Å². The second-order valence-corrected chi connectivity index (χ2v) is 8.42. The van der Waals surface area contributed by atoms with Crippen LogP contribution in [0.25, 0.3) is 0 Å². The summed E-state index contributed by atoms with van der Waals surface area (Å²) in [6.07, 6.45) is -0.829. The normalized spacial score (nSPS) is 18.8. The number of hydrogen-bond donors (Lipinski definition) is 2. The number of carbonyl (C=O) groups is 1. The van der Waals surface area contributed by atoms with Crippen molar-refractivity contribution >= 4 is 17.5 Å². The molecule has 0 fully saturated rings. The Balaban J connectivity index is 1.83. The van der Waals surface area contributed by atoms with E-state index in [4.69, 9.17) is 21.1 Å². The zero-order valence-corrected chi connectivity index (χ0v) is 18.1. The summed E-state index contributed by atoms with van der Waals surface area (Å²) in [4.78, 5) is 17.1. The number of pyridine rings is 1. The van der Waals surface area contributed by atoms with Gasteiger partial charge < -0.3 is 19.9 Å². The van der Waals surface area contributed by atoms with E-state index in [2.05, 4.69) is 10.3 Å². The molecule has 3 rings (SSSR count). The Morgan fingerprint density at radius 1 is 1.31 bits per heavy atom. The predicted molar refractivity (Wildman–Crippen MR) is 111 cm³/mol. The fraction of sp³-hybridized carbons (Fsp3) is 0.455. The fourth-order valence-corrected chi connectivity index (χ4v) is 3.56. The lowest BCUT2D eigenvalue weighted by Gasteiger charge is -2.35. The summed E-state index contributed by atoms with van der Waals surface area (Å²) in [5.74, 6) is 0.155. The summed E-state index contributed by atoms with van der Waals surface area (Å²) in [6, 6.07) is 8.45. The number of carbonyl (C=O) groups excluding carboxylic acids is 1. The molecule has 1 amide bonds. The van der Waals surface area contributed by atoms with Crippen LogP contribution in [-0.4, -0.2) is 28.7 Å². The van der Waals surface area contributed by atoms with E-state index in [1.165, 1.54) is 0 Å². The van der Waals surface area contributed by atoms with Gasteiger partial charge in [-0.1, -0.05) is 17.7 Å². The molecular formula is C22H27ClN2O4. The molecular weight excluding hydrogens is 392 g/mol. The summed E-state index contributed by atoms with van der Waals surface area (Å²) in [7, 11) is 0. The van der Waals surface area contributed by atoms with E-state index in [-0.39, 0.29) is 24.7 Å². The van der Waals surface area contributed by atoms with Crippen molar-refractivity contribution in [2.24, 2.45) is 0 Å². The largest absolute Gasteiger partial charge is 0.475 e. The maximum atomic E-state index is 12.9. The van der Waals surface area contributed by atoms with Crippen LogP contribution in [-0.2, 0) is 10.3 Å². The Labute approximate surface area is 176 Å². The molecule has 0 unspecified atom stereocenters. The van der Waals surface area contributed by atoms with E-state index in [1.54, 1.807) is 24.3 Å². The number of aliphatic hydroxyl groups excluding tert-OH is 1. The van der Waals surface area contributed by atoms with Gasteiger partial charge in [-0.3, -0.25) is 4.79 Å². The molecule has 0 saturated carbocycles. The lowest BCUT2D eigenvalue weighted by atomic mass is 9.86. The van der Waals surface area contributed by atoms with Gasteiger partial charge in [-0.15, -0.1) is 0 Å². The number of benzene rings is 1. The highest BCUT2D eigenvalue weighted by atomic mass is 35.5. The summed E-state index contributed by atoms with van der Waals surface area (Å²) in [5.41, 5.74) is 2.31. The molecule has 2 aromatic rings. The summed E-state index contributed by atoms with van der Waals surface area (Å²) < 4.78 is 11.5. The molecule has 2 N–H and O–H groups in total. The summed E-state index contributed by atoms with van der Waals surface area (Å²) in [6.45, 7) is 9.76. The minimum Gasteiger partial charge on any atom is -0.475 e. The van der Waals surface area contributed by atoms with Crippen molar-refractivity contribution in [2.45, 2.75) is 58.5 Å². The van der Waals surface area contributed by atoms with Crippen molar-refractivity contribution < 1.29 is 19.4 Å². The molecule has 6 nitrogen and oxygen atoms in total. The molecule has 1 aliphatic heterocycles. The number of aromatic nitrogens is 1. The Morgan fingerprint density at radius 3 is 2.72 bits per heavy atom. The van der Waals surface area contributed by atoms with Crippen LogP contribution in [0.2, 0.25) is 5.15 Å². The van der Waals surface area contributed by atoms with Gasteiger partial charge in [0.15, 0.2) is 0 Å². The van der Waals surface area contributed by atoms with Gasteiger partial charge in [0, 0.05) is 11.1 Å². The van der Waals surface area contributed by atoms with Gasteiger partial charge in [0.25, 0.3) is 5.91 Å². The van der Waals surface area contributed by atoms with E-state index in [0.29, 0.717) is 16.6 Å². The molecule has 1 aliphatic rings. The number of aliphatic hydroxyl groups is 1. The van der Waals surface area contributed by atoms with E-state index in [0.717, 1.165) is 16.7 Å². The van der Waals surface area contributed by atoms with Crippen molar-refractivity contribution in [3.05, 3.63) is 57.7 Å². The molecule has 2 atom stereocenters. The van der Waals surface area contributed by atoms with E-state index in [9.17, 15) is 9.90 Å². The second-order valence-electron chi connectivity index (χ2n) is 8.03. The molecule has 7 heteroatoms. The van der Waals surface area contributed by atoms with E-state index < -0.39 is 11.7 Å². The first-order valence-electron chi connectivity index (χ1n) is 9.69. The number of amides is 1. The molecule has 156 valence electrons. The lowest BCUT2D eigenvalue weighted by molar-refractivity contribution is -0.0825. The van der Waals surface area contributed by atoms with E-state index in [1.807, 2.05) is 40.7 Å². The number of nitrogens with one attached hydrogen (secondary N) is 1. The van der Waals surface area contributed by atoms with Gasteiger partial charge in [0.05, 0.1) is 24.4 Å². The number of fused-ring (bicyclic) bond motifs is 1. The highest BCUT2D eigenvalue weighted by molar-refractivity contribution is 6.29. The zero-order valence-electron chi connectivity index (χ0n) is 17.3. The van der Waals surface area contributed by atoms with Crippen molar-refractivity contribution in [3.8, 4) is 5.88 Å². The third kappa shape index (κ3) is 4.71. The van der Waals surface area contributed by atoms with Crippen molar-refractivity contribution in [2.75, 3.05) is 6.61 Å². The minimum atomic E-state index is -0.755. The predicted octanol–water partition coefficient (Wildman–Crippen LogP) is 4.31. The van der Waals surface area contributed by atoms with Crippen LogP contribution in [0.4, 0.5) is 0 Å². The van der Waals surface area contributed by atoms with Crippen LogP contribution in [0.5, 0.6) is 5.88 Å². The molecule has 1 aromatic carbocycles. The number of nitrogens with zero attached hydrogens (tertiary/aromatic N) is 1. The van der Waals surface area contributed by atoms with Crippen molar-refractivity contribution in [1.82, 2.24) is 10.3 Å². The number of halogens is 1. The van der Waals surface area contributed by atoms with E-state index >= 15 is 0 Å². The van der Waals surface area contributed by atoms with Gasteiger partial charge in [-0.05, 0) is 70.0 Å². The average molecular weight is 419 g/mol. The van der Waals surface area contributed by atoms with Crippen molar-refractivity contribution in [3.63, 3.8) is 0 Å². The highest BCUT2D eigenvalue weighted by Crippen LogP contribution is 2.37. The quantitative estimate of drug-likeness (QED) is 0.707. The molecule has 0 radical (unpaired) electrons. The highest BCUT2D eigenvalue weighted by Gasteiger charge is 2.33. The summed E-state index contributed by atoms with van der Waals surface area (Å²) in [5, 5.41) is 13.6. The maximum absolute atomic E-state index is 12.9. The van der Waals surface area contributed by atoms with Crippen LogP contribution in [0, 0.1) is 0 Å². The Hall–Kier alpha value is -2.15. The van der Waals surface area contributed by atoms with Gasteiger partial charge in [-0.2, -0.15) is 0 Å². The maximum Gasteiger partial charge on any atom is 0.251 e. The molecule has 0 spiro atoms. The van der Waals surface area contributed by atoms with Crippen LogP contribution in [0.3, 0.4) is 0 Å². The molecule has 29 heavy (non-hydrogen) atoms. The van der Waals surface area contributed by atoms with Crippen LogP contribution in [0.15, 0.2) is 30.3 Å². The van der Waals surface area contributed by atoms with Crippen molar-refractivity contribution in [1.29, 1.82) is 0 Å². The lowest BCUT2D eigenvalue weighted by Crippen LogP contribution is -2.33. The third-order valence-electron chi connectivity index (χ3n) is 4.94. The van der Waals surface area contributed by atoms with Gasteiger partial charge >= 0.3 is 0 Å². The van der Waals surface area contributed by atoms with Gasteiger partial charge in [-0.25, -0.2) is 4.98 Å². The zero-order chi connectivity index (χ0) is 21.3. The summed E-state index contributed by atoms with van der Waals surface area (Å²) >= 11 is 6.00. The van der Waals surface area contributed by atoms with Gasteiger partial charge in [0.2, 0.25) is 5.88 Å². The Bertz CT molecular complexity index is 914. The molecule has 0 bridgehead atoms. The monoisotopic (exact) mass is 418 g/mol. The number of rotatable bonds is 5. The standard InChI is InChI=1S/C22H27ClN2O4/c1-12(2)29-21-15(7-9-19(23)25-21)13(3)24-20(27)14-6-8-17-16(10-14)18(26)11-28-22(17,4)5/h6-10,12-13,18,26H,11H2,1-5H3,(H,24,27)/t13-,18+/m0/s1. The molecule has 0 saturated heterocycles. The van der Waals surface area contributed by atoms with Gasteiger partial charge in [0.1, 0.15) is 11.3 Å². The first-order valence-corrected chi connectivity index (χ1v) is 10.1. The topological polar surface area (TPSA) is 80.7 Å². The number of hydrogen-bond acceptors (Lipinski definition) is 5. The third-order valence-corrected chi connectivity index (χ3v) is 5.15. The van der Waals surface area contributed by atoms with Crippen LogP contribution in [0.1, 0.15) is 73.8 Å². The molecule has 2 heterocycles. The smallest absolute Gasteiger partial charge is 0.251 e. The first kappa shape index (κ1) is 21.6. The molecule has 0 aliphatic carbocycles. The molecule has 1 aromatic heterocycles. The SMILES string of the molecule is CC(C)Oc1nc(Cl)ccc1[C@H](C)NC(=O)c1ccc2c(c1)[C@H](O)COC2(C)C. The van der Waals surface area contributed by atoms with Crippen LogP contribution < -0.4 is 10.1 Å². The second kappa shape index (κ2) is 8.30. The average Bonchev–Trinajstić information content (AvgIpc) is 2.64. The fourth-order valence-electron chi connectivity index (χ4n) is 3.42. The Morgan fingerprint density at radius 2 is 2.03 bits per heavy atom. The number of ether oxygens (including phenoxy) is 2.